The maximum atomic E-state index is 12.2. The van der Waals surface area contributed by atoms with Gasteiger partial charge in [0, 0.05) is 17.8 Å². The number of anilines is 1. The number of nitrogens with zero attached hydrogens (tertiary/aromatic N) is 2. The Labute approximate surface area is 139 Å². The molecule has 1 heterocycles. The van der Waals surface area contributed by atoms with Gasteiger partial charge in [0.05, 0.1) is 13.7 Å². The van der Waals surface area contributed by atoms with Crippen LogP contribution in [0, 0.1) is 5.92 Å². The summed E-state index contributed by atoms with van der Waals surface area (Å²) >= 11 is 0. The zero-order chi connectivity index (χ0) is 17.0. The molecule has 1 aliphatic heterocycles. The lowest BCUT2D eigenvalue weighted by molar-refractivity contribution is -0.117. The van der Waals surface area contributed by atoms with Crippen molar-refractivity contribution in [1.82, 2.24) is 9.80 Å². The minimum atomic E-state index is 0.0156. The Morgan fingerprint density at radius 1 is 1.39 bits per heavy atom. The summed E-state index contributed by atoms with van der Waals surface area (Å²) < 4.78 is 5.12. The maximum Gasteiger partial charge on any atom is 0.238 e. The van der Waals surface area contributed by atoms with Gasteiger partial charge in [-0.2, -0.15) is 0 Å². The average molecular weight is 319 g/mol. The van der Waals surface area contributed by atoms with E-state index in [2.05, 4.69) is 36.0 Å². The summed E-state index contributed by atoms with van der Waals surface area (Å²) in [6.45, 7) is 7.05. The molecule has 0 bridgehead atoms. The molecular weight excluding hydrogens is 290 g/mol. The number of hydrogen-bond donors (Lipinski definition) is 1. The van der Waals surface area contributed by atoms with Crippen LogP contribution in [0.15, 0.2) is 24.3 Å². The van der Waals surface area contributed by atoms with Crippen molar-refractivity contribution in [2.45, 2.75) is 25.8 Å². The summed E-state index contributed by atoms with van der Waals surface area (Å²) in [6.07, 6.45) is 1.19. The lowest BCUT2D eigenvalue weighted by Gasteiger charge is -2.35. The van der Waals surface area contributed by atoms with E-state index in [1.54, 1.807) is 7.11 Å². The fraction of sp³-hybridized carbons (Fsp3) is 0.611. The van der Waals surface area contributed by atoms with Gasteiger partial charge in [-0.3, -0.25) is 9.69 Å². The Bertz CT molecular complexity index is 528. The number of hydrogen-bond acceptors (Lipinski definition) is 4. The minimum absolute atomic E-state index is 0.0156. The third kappa shape index (κ3) is 4.45. The SMILES string of the molecule is COc1ccc(NC(=O)CN(C)C[C@@H]2CCN(C)C2(C)C)cc1. The summed E-state index contributed by atoms with van der Waals surface area (Å²) in [7, 11) is 5.82. The third-order valence-corrected chi connectivity index (χ3v) is 5.12. The third-order valence-electron chi connectivity index (χ3n) is 5.12. The zero-order valence-electron chi connectivity index (χ0n) is 14.9. The van der Waals surface area contributed by atoms with Gasteiger partial charge < -0.3 is 15.0 Å². The molecule has 1 fully saturated rings. The van der Waals surface area contributed by atoms with Gasteiger partial charge in [0.15, 0.2) is 0 Å². The topological polar surface area (TPSA) is 44.8 Å². The van der Waals surface area contributed by atoms with Gasteiger partial charge in [0.2, 0.25) is 5.91 Å². The van der Waals surface area contributed by atoms with Crippen molar-refractivity contribution in [2.24, 2.45) is 5.92 Å². The highest BCUT2D eigenvalue weighted by molar-refractivity contribution is 5.92. The maximum absolute atomic E-state index is 12.2. The Morgan fingerprint density at radius 2 is 2.04 bits per heavy atom. The van der Waals surface area contributed by atoms with Crippen molar-refractivity contribution >= 4 is 11.6 Å². The summed E-state index contributed by atoms with van der Waals surface area (Å²) in [6, 6.07) is 7.39. The van der Waals surface area contributed by atoms with Gasteiger partial charge >= 0.3 is 0 Å². The van der Waals surface area contributed by atoms with Crippen molar-refractivity contribution in [3.05, 3.63) is 24.3 Å². The highest BCUT2D eigenvalue weighted by Gasteiger charge is 2.39. The fourth-order valence-corrected chi connectivity index (χ4v) is 3.18. The summed E-state index contributed by atoms with van der Waals surface area (Å²) in [5.74, 6) is 1.39. The van der Waals surface area contributed by atoms with E-state index in [9.17, 15) is 4.79 Å². The molecule has 2 rings (SSSR count). The first-order valence-electron chi connectivity index (χ1n) is 8.16. The normalized spacial score (nSPS) is 20.7. The summed E-state index contributed by atoms with van der Waals surface area (Å²) in [5.41, 5.74) is 0.992. The zero-order valence-corrected chi connectivity index (χ0v) is 14.9. The molecule has 0 spiro atoms. The molecule has 23 heavy (non-hydrogen) atoms. The average Bonchev–Trinajstić information content (AvgIpc) is 2.74. The minimum Gasteiger partial charge on any atom is -0.497 e. The molecule has 0 aliphatic carbocycles. The van der Waals surface area contributed by atoms with Crippen LogP contribution >= 0.6 is 0 Å². The molecule has 1 N–H and O–H groups in total. The number of carbonyl (C=O) groups excluding carboxylic acids is 1. The Morgan fingerprint density at radius 3 is 2.57 bits per heavy atom. The van der Waals surface area contributed by atoms with E-state index in [-0.39, 0.29) is 11.4 Å². The van der Waals surface area contributed by atoms with E-state index in [1.165, 1.54) is 6.42 Å². The number of rotatable bonds is 6. The predicted octanol–water partition coefficient (Wildman–Crippen LogP) is 2.30. The number of likely N-dealkylation sites (tertiary alicyclic amines) is 1. The lowest BCUT2D eigenvalue weighted by Crippen LogP contribution is -2.44. The van der Waals surface area contributed by atoms with Crippen LogP contribution in [0.2, 0.25) is 0 Å². The number of nitrogens with one attached hydrogen (secondary N) is 1. The van der Waals surface area contributed by atoms with E-state index in [1.807, 2.05) is 31.3 Å². The van der Waals surface area contributed by atoms with Gasteiger partial charge in [0.1, 0.15) is 5.75 Å². The molecule has 0 unspecified atom stereocenters. The van der Waals surface area contributed by atoms with E-state index in [0.29, 0.717) is 12.5 Å². The molecule has 5 heteroatoms. The highest BCUT2D eigenvalue weighted by Crippen LogP contribution is 2.33. The molecule has 0 saturated carbocycles. The largest absolute Gasteiger partial charge is 0.497 e. The van der Waals surface area contributed by atoms with Crippen LogP contribution in [0.25, 0.3) is 0 Å². The number of ether oxygens (including phenoxy) is 1. The Balaban J connectivity index is 1.82. The first kappa shape index (κ1) is 17.8. The van der Waals surface area contributed by atoms with Crippen LogP contribution in [-0.2, 0) is 4.79 Å². The molecular formula is C18H29N3O2. The molecule has 0 aromatic heterocycles. The van der Waals surface area contributed by atoms with Crippen LogP contribution in [0.1, 0.15) is 20.3 Å². The summed E-state index contributed by atoms with van der Waals surface area (Å²) in [4.78, 5) is 16.7. The van der Waals surface area contributed by atoms with Gasteiger partial charge in [-0.05, 0) is 71.1 Å². The van der Waals surface area contributed by atoms with Crippen molar-refractivity contribution in [3.8, 4) is 5.75 Å². The van der Waals surface area contributed by atoms with Crippen molar-refractivity contribution in [3.63, 3.8) is 0 Å². The smallest absolute Gasteiger partial charge is 0.238 e. The highest BCUT2D eigenvalue weighted by atomic mass is 16.5. The van der Waals surface area contributed by atoms with Gasteiger partial charge in [0.25, 0.3) is 0 Å². The second-order valence-electron chi connectivity index (χ2n) is 7.03. The number of amides is 1. The van der Waals surface area contributed by atoms with Crippen molar-refractivity contribution in [2.75, 3.05) is 46.2 Å². The van der Waals surface area contributed by atoms with Crippen LogP contribution in [0.3, 0.4) is 0 Å². The van der Waals surface area contributed by atoms with Gasteiger partial charge in [-0.25, -0.2) is 0 Å². The van der Waals surface area contributed by atoms with Crippen LogP contribution < -0.4 is 10.1 Å². The Kier molecular flexibility index (Phi) is 5.65. The standard InChI is InChI=1S/C18H29N3O2/c1-18(2)14(10-11-21(18)4)12-20(3)13-17(22)19-15-6-8-16(23-5)9-7-15/h6-9,14H,10-13H2,1-5H3,(H,19,22)/t14-/m0/s1. The monoisotopic (exact) mass is 319 g/mol. The lowest BCUT2D eigenvalue weighted by atomic mass is 9.88. The molecule has 128 valence electrons. The second kappa shape index (κ2) is 7.32. The molecule has 1 amide bonds. The van der Waals surface area contributed by atoms with Gasteiger partial charge in [-0.1, -0.05) is 0 Å². The quantitative estimate of drug-likeness (QED) is 0.874. The number of likely N-dealkylation sites (N-methyl/N-ethyl adjacent to an activating group) is 1. The molecule has 1 aliphatic rings. The fourth-order valence-electron chi connectivity index (χ4n) is 3.18. The van der Waals surface area contributed by atoms with Crippen molar-refractivity contribution in [1.29, 1.82) is 0 Å². The molecule has 0 radical (unpaired) electrons. The van der Waals surface area contributed by atoms with Crippen LogP contribution in [-0.4, -0.2) is 62.1 Å². The molecule has 5 nitrogen and oxygen atoms in total. The van der Waals surface area contributed by atoms with Gasteiger partial charge in [-0.15, -0.1) is 0 Å². The van der Waals surface area contributed by atoms with E-state index >= 15 is 0 Å². The molecule has 1 aromatic carbocycles. The molecule has 1 saturated heterocycles. The number of methoxy groups -OCH3 is 1. The molecule has 1 aromatic rings. The number of carbonyl (C=O) groups is 1. The first-order valence-corrected chi connectivity index (χ1v) is 8.16. The van der Waals surface area contributed by atoms with Crippen LogP contribution in [0.5, 0.6) is 5.75 Å². The summed E-state index contributed by atoms with van der Waals surface area (Å²) in [5, 5.41) is 2.93. The van der Waals surface area contributed by atoms with E-state index in [4.69, 9.17) is 4.74 Å². The second-order valence-corrected chi connectivity index (χ2v) is 7.03. The van der Waals surface area contributed by atoms with Crippen LogP contribution in [0.4, 0.5) is 5.69 Å². The first-order chi connectivity index (χ1) is 10.8. The predicted molar refractivity (Wildman–Crippen MR) is 93.9 cm³/mol. The van der Waals surface area contributed by atoms with E-state index < -0.39 is 0 Å². The Hall–Kier alpha value is -1.59. The van der Waals surface area contributed by atoms with Crippen molar-refractivity contribution < 1.29 is 9.53 Å². The molecule has 1 atom stereocenters. The van der Waals surface area contributed by atoms with E-state index in [0.717, 1.165) is 24.5 Å². The number of benzene rings is 1.